The van der Waals surface area contributed by atoms with E-state index in [1.807, 2.05) is 42.5 Å². The first kappa shape index (κ1) is 23.3. The average molecular weight is 456 g/mol. The monoisotopic (exact) mass is 455 g/mol. The Hall–Kier alpha value is -3.90. The number of carbonyl (C=O) groups is 1. The van der Waals surface area contributed by atoms with E-state index in [0.717, 1.165) is 29.7 Å². The number of methoxy groups -OCH3 is 1. The molecule has 0 aliphatic rings. The summed E-state index contributed by atoms with van der Waals surface area (Å²) >= 11 is 0. The van der Waals surface area contributed by atoms with E-state index in [-0.39, 0.29) is 5.88 Å². The molecule has 34 heavy (non-hydrogen) atoms. The molecule has 0 unspecified atom stereocenters. The first-order chi connectivity index (χ1) is 16.5. The fourth-order valence-corrected chi connectivity index (χ4v) is 3.85. The minimum absolute atomic E-state index is 0.00544. The van der Waals surface area contributed by atoms with Crippen LogP contribution in [0.4, 0.5) is 5.69 Å². The fourth-order valence-electron chi connectivity index (χ4n) is 3.85. The quantitative estimate of drug-likeness (QED) is 0.239. The molecule has 0 bridgehead atoms. The Morgan fingerprint density at radius 1 is 1.03 bits per heavy atom. The maximum atomic E-state index is 11.9. The molecule has 4 aromatic rings. The topological polar surface area (TPSA) is 86.7 Å². The number of ether oxygens (including phenoxy) is 1. The Kier molecular flexibility index (Phi) is 7.09. The summed E-state index contributed by atoms with van der Waals surface area (Å²) in [5, 5.41) is 15.1. The number of carbonyl (C=O) groups excluding carboxylic acids is 1. The van der Waals surface area contributed by atoms with E-state index in [2.05, 4.69) is 36.3 Å². The highest BCUT2D eigenvalue weighted by Crippen LogP contribution is 2.32. The number of rotatable bonds is 8. The lowest BCUT2D eigenvalue weighted by molar-refractivity contribution is 0.0601. The summed E-state index contributed by atoms with van der Waals surface area (Å²) in [6, 6.07) is 23.0. The minimum Gasteiger partial charge on any atom is -0.494 e. The van der Waals surface area contributed by atoms with Crippen LogP contribution in [-0.2, 0) is 11.3 Å². The Labute approximate surface area is 199 Å². The first-order valence-corrected chi connectivity index (χ1v) is 11.3. The normalized spacial score (nSPS) is 11.8. The maximum Gasteiger partial charge on any atom is 0.337 e. The third-order valence-electron chi connectivity index (χ3n) is 5.54. The highest BCUT2D eigenvalue weighted by molar-refractivity contribution is 6.22. The SMILES string of the molecule is COC(=O)c1ccc2c(C(=Nc3ccc(CNCC(C)C)cc3)c3ccccc3)c(O)[nH]c2c1. The lowest BCUT2D eigenvalue weighted by Crippen LogP contribution is -2.18. The summed E-state index contributed by atoms with van der Waals surface area (Å²) in [5.41, 5.74) is 5.10. The van der Waals surface area contributed by atoms with Crippen molar-refractivity contribution in [1.29, 1.82) is 0 Å². The lowest BCUT2D eigenvalue weighted by Gasteiger charge is -2.09. The van der Waals surface area contributed by atoms with Crippen LogP contribution in [0.5, 0.6) is 5.88 Å². The van der Waals surface area contributed by atoms with Crippen LogP contribution >= 0.6 is 0 Å². The summed E-state index contributed by atoms with van der Waals surface area (Å²) in [6.07, 6.45) is 0. The van der Waals surface area contributed by atoms with Crippen LogP contribution in [0.1, 0.15) is 40.9 Å². The number of esters is 1. The Morgan fingerprint density at radius 3 is 2.44 bits per heavy atom. The number of aromatic amines is 1. The molecule has 0 aliphatic heterocycles. The average Bonchev–Trinajstić information content (AvgIpc) is 3.18. The zero-order chi connectivity index (χ0) is 24.1. The van der Waals surface area contributed by atoms with Crippen molar-refractivity contribution >= 4 is 28.3 Å². The molecular formula is C28H29N3O3. The van der Waals surface area contributed by atoms with Gasteiger partial charge in [-0.2, -0.15) is 0 Å². The third kappa shape index (κ3) is 5.18. The second-order valence-electron chi connectivity index (χ2n) is 8.62. The number of benzene rings is 3. The van der Waals surface area contributed by atoms with Crippen LogP contribution in [0, 0.1) is 5.92 Å². The molecule has 0 saturated heterocycles. The molecule has 1 heterocycles. The van der Waals surface area contributed by atoms with Gasteiger partial charge in [0.1, 0.15) is 0 Å². The predicted octanol–water partition coefficient (Wildman–Crippen LogP) is 5.57. The molecule has 1 aromatic heterocycles. The molecule has 3 aromatic carbocycles. The number of hydrogen-bond donors (Lipinski definition) is 3. The van der Waals surface area contributed by atoms with Gasteiger partial charge in [0, 0.05) is 23.0 Å². The molecule has 3 N–H and O–H groups in total. The van der Waals surface area contributed by atoms with Crippen molar-refractivity contribution < 1.29 is 14.6 Å². The van der Waals surface area contributed by atoms with Crippen molar-refractivity contribution in [1.82, 2.24) is 10.3 Å². The Morgan fingerprint density at radius 2 is 1.76 bits per heavy atom. The van der Waals surface area contributed by atoms with Crippen LogP contribution in [0.3, 0.4) is 0 Å². The van der Waals surface area contributed by atoms with Crippen molar-refractivity contribution in [2.75, 3.05) is 13.7 Å². The van der Waals surface area contributed by atoms with Crippen LogP contribution in [0.25, 0.3) is 10.9 Å². The fraction of sp³-hybridized carbons (Fsp3) is 0.214. The van der Waals surface area contributed by atoms with E-state index >= 15 is 0 Å². The van der Waals surface area contributed by atoms with Gasteiger partial charge in [0.05, 0.1) is 29.6 Å². The van der Waals surface area contributed by atoms with Crippen molar-refractivity contribution in [2.45, 2.75) is 20.4 Å². The smallest absolute Gasteiger partial charge is 0.337 e. The Balaban J connectivity index is 1.75. The van der Waals surface area contributed by atoms with E-state index in [1.165, 1.54) is 12.7 Å². The summed E-state index contributed by atoms with van der Waals surface area (Å²) in [7, 11) is 1.34. The molecule has 0 fully saturated rings. The number of nitrogens with one attached hydrogen (secondary N) is 2. The third-order valence-corrected chi connectivity index (χ3v) is 5.54. The zero-order valence-corrected chi connectivity index (χ0v) is 19.6. The number of hydrogen-bond acceptors (Lipinski definition) is 5. The molecule has 4 rings (SSSR count). The number of fused-ring (bicyclic) bond motifs is 1. The van der Waals surface area contributed by atoms with E-state index in [4.69, 9.17) is 9.73 Å². The van der Waals surface area contributed by atoms with E-state index in [1.54, 1.807) is 18.2 Å². The number of aliphatic imine (C=N–C) groups is 1. The van der Waals surface area contributed by atoms with E-state index in [0.29, 0.717) is 28.3 Å². The van der Waals surface area contributed by atoms with Crippen LogP contribution in [0.2, 0.25) is 0 Å². The summed E-state index contributed by atoms with van der Waals surface area (Å²) < 4.78 is 4.82. The van der Waals surface area contributed by atoms with Gasteiger partial charge in [-0.05, 0) is 42.3 Å². The largest absolute Gasteiger partial charge is 0.494 e. The van der Waals surface area contributed by atoms with Crippen LogP contribution in [0.15, 0.2) is 77.8 Å². The summed E-state index contributed by atoms with van der Waals surface area (Å²) in [6.45, 7) is 6.15. The molecule has 174 valence electrons. The zero-order valence-electron chi connectivity index (χ0n) is 19.6. The molecule has 0 amide bonds. The lowest BCUT2D eigenvalue weighted by atomic mass is 10.00. The standard InChI is InChI=1S/C28H29N3O3/c1-18(2)16-29-17-19-9-12-22(13-10-19)30-26(20-7-5-4-6-8-20)25-23-14-11-21(28(33)34-3)15-24(23)31-27(25)32/h4-15,18,29,31-32H,16-17H2,1-3H3. The van der Waals surface area contributed by atoms with Gasteiger partial charge in [0.2, 0.25) is 0 Å². The minimum atomic E-state index is -0.433. The molecule has 0 atom stereocenters. The molecular weight excluding hydrogens is 426 g/mol. The molecule has 0 saturated carbocycles. The molecule has 6 heteroatoms. The van der Waals surface area contributed by atoms with Crippen LogP contribution in [-0.4, -0.2) is 35.4 Å². The second-order valence-corrected chi connectivity index (χ2v) is 8.62. The predicted molar refractivity (Wildman–Crippen MR) is 136 cm³/mol. The summed E-state index contributed by atoms with van der Waals surface area (Å²) in [4.78, 5) is 19.9. The molecule has 0 spiro atoms. The maximum absolute atomic E-state index is 11.9. The van der Waals surface area contributed by atoms with Gasteiger partial charge in [-0.25, -0.2) is 9.79 Å². The van der Waals surface area contributed by atoms with Gasteiger partial charge < -0.3 is 20.1 Å². The van der Waals surface area contributed by atoms with Gasteiger partial charge >= 0.3 is 5.97 Å². The van der Waals surface area contributed by atoms with Gasteiger partial charge in [-0.3, -0.25) is 0 Å². The van der Waals surface area contributed by atoms with Gasteiger partial charge in [0.15, 0.2) is 5.88 Å². The number of aromatic hydroxyl groups is 1. The summed E-state index contributed by atoms with van der Waals surface area (Å²) in [5.74, 6) is 0.163. The highest BCUT2D eigenvalue weighted by atomic mass is 16.5. The van der Waals surface area contributed by atoms with Crippen molar-refractivity contribution in [3.05, 3.63) is 95.1 Å². The highest BCUT2D eigenvalue weighted by Gasteiger charge is 2.20. The molecule has 0 aliphatic carbocycles. The Bertz CT molecular complexity index is 1310. The number of H-pyrrole nitrogens is 1. The number of nitrogens with zero attached hydrogens (tertiary/aromatic N) is 1. The molecule has 6 nitrogen and oxygen atoms in total. The van der Waals surface area contributed by atoms with E-state index < -0.39 is 5.97 Å². The number of aromatic nitrogens is 1. The van der Waals surface area contributed by atoms with Crippen LogP contribution < -0.4 is 5.32 Å². The van der Waals surface area contributed by atoms with Crippen molar-refractivity contribution in [2.24, 2.45) is 10.9 Å². The molecule has 0 radical (unpaired) electrons. The van der Waals surface area contributed by atoms with E-state index in [9.17, 15) is 9.90 Å². The first-order valence-electron chi connectivity index (χ1n) is 11.3. The van der Waals surface area contributed by atoms with Gasteiger partial charge in [-0.1, -0.05) is 62.4 Å². The van der Waals surface area contributed by atoms with Gasteiger partial charge in [0.25, 0.3) is 0 Å². The second kappa shape index (κ2) is 10.4. The van der Waals surface area contributed by atoms with Crippen molar-refractivity contribution in [3.8, 4) is 5.88 Å². The van der Waals surface area contributed by atoms with Crippen molar-refractivity contribution in [3.63, 3.8) is 0 Å². The van der Waals surface area contributed by atoms with Gasteiger partial charge in [-0.15, -0.1) is 0 Å².